The highest BCUT2D eigenvalue weighted by Gasteiger charge is 2.27. The minimum atomic E-state index is -0.437. The van der Waals surface area contributed by atoms with Gasteiger partial charge in [-0.2, -0.15) is 0 Å². The maximum atomic E-state index is 12.0. The standard InChI is InChI=1S/C15H22N2O3.ClH/c1-15(2,3)20-12-6-4-10(5-7-12)17-14(19)13-8-11(18)9-16-13;/h4-7,11,13,16,18H,8-9H2,1-3H3,(H,17,19);1H. The fraction of sp³-hybridized carbons (Fsp3) is 0.533. The first-order chi connectivity index (χ1) is 9.33. The molecule has 1 aromatic carbocycles. The summed E-state index contributed by atoms with van der Waals surface area (Å²) >= 11 is 0. The van der Waals surface area contributed by atoms with Gasteiger partial charge in [-0.25, -0.2) is 0 Å². The fourth-order valence-corrected chi connectivity index (χ4v) is 2.11. The normalized spacial score (nSPS) is 21.5. The molecule has 1 fully saturated rings. The van der Waals surface area contributed by atoms with Gasteiger partial charge < -0.3 is 20.5 Å². The van der Waals surface area contributed by atoms with Crippen LogP contribution in [0.25, 0.3) is 0 Å². The van der Waals surface area contributed by atoms with Gasteiger partial charge >= 0.3 is 0 Å². The van der Waals surface area contributed by atoms with Gasteiger partial charge in [-0.1, -0.05) is 0 Å². The van der Waals surface area contributed by atoms with Crippen LogP contribution in [0.15, 0.2) is 24.3 Å². The van der Waals surface area contributed by atoms with Crippen molar-refractivity contribution >= 4 is 24.0 Å². The molecule has 2 atom stereocenters. The number of nitrogens with one attached hydrogen (secondary N) is 2. The first-order valence-electron chi connectivity index (χ1n) is 6.85. The number of carbonyl (C=O) groups excluding carboxylic acids is 1. The van der Waals surface area contributed by atoms with Gasteiger partial charge in [0.1, 0.15) is 11.4 Å². The van der Waals surface area contributed by atoms with E-state index in [0.29, 0.717) is 13.0 Å². The summed E-state index contributed by atoms with van der Waals surface area (Å²) in [7, 11) is 0. The van der Waals surface area contributed by atoms with Gasteiger partial charge in [0.15, 0.2) is 0 Å². The Kier molecular flexibility index (Phi) is 6.01. The molecule has 3 N–H and O–H groups in total. The Labute approximate surface area is 131 Å². The average Bonchev–Trinajstić information content (AvgIpc) is 2.77. The van der Waals surface area contributed by atoms with Crippen LogP contribution in [-0.4, -0.2) is 35.3 Å². The lowest BCUT2D eigenvalue weighted by Crippen LogP contribution is -2.35. The van der Waals surface area contributed by atoms with Crippen LogP contribution in [0.1, 0.15) is 27.2 Å². The maximum Gasteiger partial charge on any atom is 0.241 e. The molecule has 21 heavy (non-hydrogen) atoms. The zero-order valence-electron chi connectivity index (χ0n) is 12.6. The molecule has 0 bridgehead atoms. The van der Waals surface area contributed by atoms with Crippen LogP contribution < -0.4 is 15.4 Å². The van der Waals surface area contributed by atoms with Crippen molar-refractivity contribution in [2.45, 2.75) is 44.9 Å². The molecule has 1 aromatic rings. The monoisotopic (exact) mass is 314 g/mol. The second kappa shape index (κ2) is 7.11. The predicted molar refractivity (Wildman–Crippen MR) is 85.1 cm³/mol. The Hall–Kier alpha value is -1.30. The summed E-state index contributed by atoms with van der Waals surface area (Å²) in [5.74, 6) is 0.649. The number of hydrogen-bond donors (Lipinski definition) is 3. The Morgan fingerprint density at radius 2 is 1.95 bits per heavy atom. The summed E-state index contributed by atoms with van der Waals surface area (Å²) < 4.78 is 5.72. The maximum absolute atomic E-state index is 12.0. The predicted octanol–water partition coefficient (Wildman–Crippen LogP) is 1.95. The quantitative estimate of drug-likeness (QED) is 0.797. The number of carbonyl (C=O) groups is 1. The first-order valence-corrected chi connectivity index (χ1v) is 6.85. The highest BCUT2D eigenvalue weighted by molar-refractivity contribution is 5.95. The van der Waals surface area contributed by atoms with Crippen LogP contribution >= 0.6 is 12.4 Å². The van der Waals surface area contributed by atoms with Crippen molar-refractivity contribution in [1.82, 2.24) is 5.32 Å². The number of hydrogen-bond acceptors (Lipinski definition) is 4. The third-order valence-corrected chi connectivity index (χ3v) is 2.97. The van der Waals surface area contributed by atoms with Crippen LogP contribution in [0.4, 0.5) is 5.69 Å². The Balaban J connectivity index is 0.00000220. The number of ether oxygens (including phenoxy) is 1. The zero-order valence-corrected chi connectivity index (χ0v) is 13.4. The number of rotatable bonds is 3. The van der Waals surface area contributed by atoms with E-state index in [4.69, 9.17) is 4.74 Å². The molecule has 1 saturated heterocycles. The smallest absolute Gasteiger partial charge is 0.241 e. The summed E-state index contributed by atoms with van der Waals surface area (Å²) in [6, 6.07) is 6.96. The number of β-amino-alcohol motifs (C(OH)–C–C–N with tert-alkyl or cyclic N) is 1. The zero-order chi connectivity index (χ0) is 14.8. The van der Waals surface area contributed by atoms with Gasteiger partial charge in [0.2, 0.25) is 5.91 Å². The van der Waals surface area contributed by atoms with Crippen LogP contribution in [0.2, 0.25) is 0 Å². The Morgan fingerprint density at radius 1 is 1.33 bits per heavy atom. The van der Waals surface area contributed by atoms with Crippen LogP contribution in [0.3, 0.4) is 0 Å². The fourth-order valence-electron chi connectivity index (χ4n) is 2.11. The van der Waals surface area contributed by atoms with Gasteiger partial charge in [-0.15, -0.1) is 12.4 Å². The van der Waals surface area contributed by atoms with Crippen molar-refractivity contribution in [2.24, 2.45) is 0 Å². The van der Waals surface area contributed by atoms with E-state index in [2.05, 4.69) is 10.6 Å². The molecule has 1 aliphatic heterocycles. The number of anilines is 1. The van der Waals surface area contributed by atoms with Crippen molar-refractivity contribution in [1.29, 1.82) is 0 Å². The number of benzene rings is 1. The van der Waals surface area contributed by atoms with Gasteiger partial charge in [0, 0.05) is 12.2 Å². The Morgan fingerprint density at radius 3 is 2.43 bits per heavy atom. The molecule has 0 aliphatic carbocycles. The van der Waals surface area contributed by atoms with Gasteiger partial charge in [0.25, 0.3) is 0 Å². The van der Waals surface area contributed by atoms with E-state index in [9.17, 15) is 9.90 Å². The summed E-state index contributed by atoms with van der Waals surface area (Å²) in [5.41, 5.74) is 0.480. The van der Waals surface area contributed by atoms with E-state index in [0.717, 1.165) is 11.4 Å². The second-order valence-electron chi connectivity index (χ2n) is 6.08. The number of aliphatic hydroxyl groups is 1. The molecule has 0 saturated carbocycles. The summed E-state index contributed by atoms with van der Waals surface area (Å²) in [6.07, 6.45) is 0.0187. The van der Waals surface area contributed by atoms with Crippen molar-refractivity contribution in [2.75, 3.05) is 11.9 Å². The first kappa shape index (κ1) is 17.8. The molecule has 118 valence electrons. The minimum absolute atomic E-state index is 0. The van der Waals surface area contributed by atoms with Crippen LogP contribution in [0, 0.1) is 0 Å². The number of aliphatic hydroxyl groups excluding tert-OH is 1. The molecule has 0 spiro atoms. The molecule has 5 nitrogen and oxygen atoms in total. The molecule has 2 rings (SSSR count). The van der Waals surface area contributed by atoms with Crippen molar-refractivity contribution in [3.63, 3.8) is 0 Å². The molecular weight excluding hydrogens is 292 g/mol. The molecule has 6 heteroatoms. The van der Waals surface area contributed by atoms with Crippen LogP contribution in [0.5, 0.6) is 5.75 Å². The number of halogens is 1. The highest BCUT2D eigenvalue weighted by Crippen LogP contribution is 2.21. The lowest BCUT2D eigenvalue weighted by Gasteiger charge is -2.21. The molecule has 1 amide bonds. The summed E-state index contributed by atoms with van der Waals surface area (Å²) in [6.45, 7) is 6.43. The van der Waals surface area contributed by atoms with E-state index in [1.54, 1.807) is 0 Å². The molecule has 1 aliphatic rings. The van der Waals surface area contributed by atoms with E-state index < -0.39 is 6.10 Å². The van der Waals surface area contributed by atoms with Crippen molar-refractivity contribution in [3.8, 4) is 5.75 Å². The average molecular weight is 315 g/mol. The second-order valence-corrected chi connectivity index (χ2v) is 6.08. The number of amides is 1. The van der Waals surface area contributed by atoms with Gasteiger partial charge in [-0.3, -0.25) is 4.79 Å². The highest BCUT2D eigenvalue weighted by atomic mass is 35.5. The summed E-state index contributed by atoms with van der Waals surface area (Å²) in [5, 5.41) is 15.2. The Bertz CT molecular complexity index is 471. The lowest BCUT2D eigenvalue weighted by atomic mass is 10.2. The van der Waals surface area contributed by atoms with Gasteiger partial charge in [0.05, 0.1) is 12.1 Å². The third-order valence-electron chi connectivity index (χ3n) is 2.97. The molecule has 1 heterocycles. The topological polar surface area (TPSA) is 70.6 Å². The lowest BCUT2D eigenvalue weighted by molar-refractivity contribution is -0.117. The minimum Gasteiger partial charge on any atom is -0.488 e. The van der Waals surface area contributed by atoms with E-state index in [1.165, 1.54) is 0 Å². The molecular formula is C15H23ClN2O3. The largest absolute Gasteiger partial charge is 0.488 e. The van der Waals surface area contributed by atoms with E-state index in [1.807, 2.05) is 45.0 Å². The third kappa shape index (κ3) is 5.53. The SMILES string of the molecule is CC(C)(C)Oc1ccc(NC(=O)C2CC(O)CN2)cc1.Cl. The molecule has 2 unspecified atom stereocenters. The van der Waals surface area contributed by atoms with E-state index in [-0.39, 0.29) is 30.0 Å². The van der Waals surface area contributed by atoms with E-state index >= 15 is 0 Å². The molecule has 0 radical (unpaired) electrons. The van der Waals surface area contributed by atoms with Gasteiger partial charge in [-0.05, 0) is 51.5 Å². The van der Waals surface area contributed by atoms with Crippen molar-refractivity contribution in [3.05, 3.63) is 24.3 Å². The molecule has 0 aromatic heterocycles. The van der Waals surface area contributed by atoms with Crippen LogP contribution in [-0.2, 0) is 4.79 Å². The van der Waals surface area contributed by atoms with Crippen molar-refractivity contribution < 1.29 is 14.6 Å². The summed E-state index contributed by atoms with van der Waals surface area (Å²) in [4.78, 5) is 12.0.